The van der Waals surface area contributed by atoms with Crippen LogP contribution in [-0.4, -0.2) is 23.7 Å². The van der Waals surface area contributed by atoms with Crippen LogP contribution in [0.25, 0.3) is 11.0 Å². The Bertz CT molecular complexity index is 1310. The highest BCUT2D eigenvalue weighted by Crippen LogP contribution is 2.32. The fraction of sp³-hybridized carbons (Fsp3) is 0.393. The van der Waals surface area contributed by atoms with Gasteiger partial charge in [0, 0.05) is 23.4 Å². The van der Waals surface area contributed by atoms with Crippen molar-refractivity contribution in [1.29, 1.82) is 0 Å². The maximum absolute atomic E-state index is 13.0. The third kappa shape index (κ3) is 7.10. The minimum Gasteiger partial charge on any atom is -0.444 e. The molecule has 1 heterocycles. The van der Waals surface area contributed by atoms with E-state index >= 15 is 0 Å². The van der Waals surface area contributed by atoms with Crippen molar-refractivity contribution >= 4 is 34.6 Å². The Kier molecular flexibility index (Phi) is 8.46. The Morgan fingerprint density at radius 1 is 1.11 bits per heavy atom. The molecule has 8 heteroatoms. The first kappa shape index (κ1) is 27.3. The number of nitrogens with one attached hydrogen (secondary N) is 1. The largest absolute Gasteiger partial charge is 0.444 e. The zero-order valence-corrected chi connectivity index (χ0v) is 22.2. The lowest BCUT2D eigenvalue weighted by Gasteiger charge is -2.23. The lowest BCUT2D eigenvalue weighted by Crippen LogP contribution is -2.45. The summed E-state index contributed by atoms with van der Waals surface area (Å²) in [5.41, 5.74) is 1.34. The average molecular weight is 514 g/mol. The number of aryl methyl sites for hydroxylation is 1. The van der Waals surface area contributed by atoms with Crippen molar-refractivity contribution in [1.82, 2.24) is 5.32 Å². The second-order valence-corrected chi connectivity index (χ2v) is 10.6. The lowest BCUT2D eigenvalue weighted by molar-refractivity contribution is -0.137. The molecule has 0 unspecified atom stereocenters. The number of carbonyl (C=O) groups excluding carboxylic acids is 2. The van der Waals surface area contributed by atoms with Gasteiger partial charge in [0.05, 0.1) is 5.02 Å². The number of fused-ring (bicyclic) bond motifs is 1. The van der Waals surface area contributed by atoms with Crippen LogP contribution in [0.5, 0.6) is 5.75 Å². The first-order valence-corrected chi connectivity index (χ1v) is 12.2. The second-order valence-electron chi connectivity index (χ2n) is 10.2. The predicted molar refractivity (Wildman–Crippen MR) is 140 cm³/mol. The summed E-state index contributed by atoms with van der Waals surface area (Å²) < 4.78 is 16.4. The van der Waals surface area contributed by atoms with Gasteiger partial charge in [0.25, 0.3) is 0 Å². The van der Waals surface area contributed by atoms with E-state index < -0.39 is 29.3 Å². The van der Waals surface area contributed by atoms with E-state index in [1.165, 1.54) is 6.07 Å². The fourth-order valence-electron chi connectivity index (χ4n) is 3.79. The monoisotopic (exact) mass is 513 g/mol. The van der Waals surface area contributed by atoms with Gasteiger partial charge in [0.2, 0.25) is 0 Å². The van der Waals surface area contributed by atoms with Gasteiger partial charge < -0.3 is 19.2 Å². The highest BCUT2D eigenvalue weighted by atomic mass is 35.5. The maximum Gasteiger partial charge on any atom is 0.408 e. The van der Waals surface area contributed by atoms with E-state index in [2.05, 4.69) is 5.32 Å². The second kappa shape index (κ2) is 11.2. The molecule has 0 spiro atoms. The number of rotatable bonds is 7. The molecule has 0 aliphatic rings. The number of hydrogen-bond acceptors (Lipinski definition) is 6. The van der Waals surface area contributed by atoms with Crippen LogP contribution < -0.4 is 15.7 Å². The number of amides is 1. The summed E-state index contributed by atoms with van der Waals surface area (Å²) in [6, 6.07) is 11.7. The first-order chi connectivity index (χ1) is 16.8. The molecule has 1 N–H and O–H groups in total. The van der Waals surface area contributed by atoms with E-state index in [4.69, 9.17) is 25.5 Å². The van der Waals surface area contributed by atoms with E-state index in [1.54, 1.807) is 26.8 Å². The summed E-state index contributed by atoms with van der Waals surface area (Å²) in [4.78, 5) is 38.0. The summed E-state index contributed by atoms with van der Waals surface area (Å²) in [6.45, 7) is 10.9. The number of benzene rings is 2. The van der Waals surface area contributed by atoms with E-state index in [9.17, 15) is 14.4 Å². The van der Waals surface area contributed by atoms with Gasteiger partial charge in [-0.25, -0.2) is 14.4 Å². The van der Waals surface area contributed by atoms with Crippen molar-refractivity contribution in [3.63, 3.8) is 0 Å². The molecule has 192 valence electrons. The van der Waals surface area contributed by atoms with Crippen LogP contribution in [0, 0.1) is 12.8 Å². The standard InChI is InChI=1S/C28H32ClNO6/c1-16(2)12-22(30-27(33)36-28(4,5)6)26(32)35-24-15-23-19(14-21(24)29)17(3)20(25(31)34-23)13-18-10-8-7-9-11-18/h7-11,14-16,22H,12-13H2,1-6H3,(H,30,33)/t22-/m0/s1. The van der Waals surface area contributed by atoms with Crippen LogP contribution >= 0.6 is 11.6 Å². The zero-order chi connectivity index (χ0) is 26.6. The molecule has 0 radical (unpaired) electrons. The smallest absolute Gasteiger partial charge is 0.408 e. The zero-order valence-electron chi connectivity index (χ0n) is 21.4. The van der Waals surface area contributed by atoms with Crippen LogP contribution in [0.15, 0.2) is 51.7 Å². The Morgan fingerprint density at radius 2 is 1.78 bits per heavy atom. The predicted octanol–water partition coefficient (Wildman–Crippen LogP) is 6.19. The van der Waals surface area contributed by atoms with Crippen LogP contribution in [0.3, 0.4) is 0 Å². The molecule has 3 aromatic rings. The Balaban J connectivity index is 1.88. The highest BCUT2D eigenvalue weighted by molar-refractivity contribution is 6.33. The normalized spacial score (nSPS) is 12.4. The molecule has 1 amide bonds. The van der Waals surface area contributed by atoms with Crippen molar-refractivity contribution in [3.05, 3.63) is 74.6 Å². The lowest BCUT2D eigenvalue weighted by atomic mass is 9.99. The van der Waals surface area contributed by atoms with Gasteiger partial charge in [-0.3, -0.25) is 0 Å². The van der Waals surface area contributed by atoms with Gasteiger partial charge in [-0.15, -0.1) is 0 Å². The fourth-order valence-corrected chi connectivity index (χ4v) is 3.99. The molecule has 7 nitrogen and oxygen atoms in total. The maximum atomic E-state index is 13.0. The number of halogens is 1. The van der Waals surface area contributed by atoms with Gasteiger partial charge in [-0.1, -0.05) is 55.8 Å². The van der Waals surface area contributed by atoms with Gasteiger partial charge in [-0.2, -0.15) is 0 Å². The number of alkyl carbamates (subject to hydrolysis) is 1. The molecule has 0 aliphatic heterocycles. The number of esters is 1. The van der Waals surface area contributed by atoms with Crippen LogP contribution in [0.4, 0.5) is 4.79 Å². The Morgan fingerprint density at radius 3 is 2.39 bits per heavy atom. The van der Waals surface area contributed by atoms with Crippen LogP contribution in [-0.2, 0) is 16.0 Å². The third-order valence-electron chi connectivity index (χ3n) is 5.46. The summed E-state index contributed by atoms with van der Waals surface area (Å²) in [6.07, 6.45) is 0.0367. The third-order valence-corrected chi connectivity index (χ3v) is 5.75. The molecule has 1 atom stereocenters. The summed E-state index contributed by atoms with van der Waals surface area (Å²) in [5, 5.41) is 3.41. The summed E-state index contributed by atoms with van der Waals surface area (Å²) >= 11 is 6.47. The minimum absolute atomic E-state index is 0.0345. The molecule has 0 aliphatic carbocycles. The van der Waals surface area contributed by atoms with Crippen molar-refractivity contribution in [2.24, 2.45) is 5.92 Å². The molecule has 0 bridgehead atoms. The van der Waals surface area contributed by atoms with Gasteiger partial charge in [-0.05, 0) is 57.2 Å². The van der Waals surface area contributed by atoms with Crippen LogP contribution in [0.2, 0.25) is 5.02 Å². The summed E-state index contributed by atoms with van der Waals surface area (Å²) in [5.74, 6) is -0.573. The van der Waals surface area contributed by atoms with E-state index in [-0.39, 0.29) is 22.3 Å². The quantitative estimate of drug-likeness (QED) is 0.230. The molecule has 0 saturated carbocycles. The van der Waals surface area contributed by atoms with E-state index in [0.717, 1.165) is 11.1 Å². The first-order valence-electron chi connectivity index (χ1n) is 11.8. The van der Waals surface area contributed by atoms with E-state index in [0.29, 0.717) is 23.8 Å². The van der Waals surface area contributed by atoms with Crippen molar-refractivity contribution in [2.45, 2.75) is 66.0 Å². The van der Waals surface area contributed by atoms with Crippen molar-refractivity contribution in [2.75, 3.05) is 0 Å². The summed E-state index contributed by atoms with van der Waals surface area (Å²) in [7, 11) is 0. The molecule has 2 aromatic carbocycles. The van der Waals surface area contributed by atoms with Gasteiger partial charge in [0.1, 0.15) is 17.2 Å². The Labute approximate surface area is 215 Å². The molecule has 3 rings (SSSR count). The molecular weight excluding hydrogens is 482 g/mol. The van der Waals surface area contributed by atoms with E-state index in [1.807, 2.05) is 51.1 Å². The SMILES string of the molecule is Cc1c(Cc2ccccc2)c(=O)oc2cc(OC(=O)[C@H](CC(C)C)NC(=O)OC(C)(C)C)c(Cl)cc12. The number of ether oxygens (including phenoxy) is 2. The molecule has 36 heavy (non-hydrogen) atoms. The minimum atomic E-state index is -0.950. The molecule has 0 saturated heterocycles. The molecular formula is C28H32ClNO6. The van der Waals surface area contributed by atoms with Crippen molar-refractivity contribution in [3.8, 4) is 5.75 Å². The Hall–Kier alpha value is -3.32. The van der Waals surface area contributed by atoms with Crippen molar-refractivity contribution < 1.29 is 23.5 Å². The number of carbonyl (C=O) groups is 2. The van der Waals surface area contributed by atoms with Gasteiger partial charge >= 0.3 is 17.7 Å². The highest BCUT2D eigenvalue weighted by Gasteiger charge is 2.27. The molecule has 0 fully saturated rings. The average Bonchev–Trinajstić information content (AvgIpc) is 2.76. The van der Waals surface area contributed by atoms with Gasteiger partial charge in [0.15, 0.2) is 5.75 Å². The topological polar surface area (TPSA) is 94.8 Å². The van der Waals surface area contributed by atoms with Crippen LogP contribution in [0.1, 0.15) is 57.7 Å². The number of hydrogen-bond donors (Lipinski definition) is 1. The molecule has 1 aromatic heterocycles.